The van der Waals surface area contributed by atoms with E-state index >= 15 is 0 Å². The van der Waals surface area contributed by atoms with Crippen molar-refractivity contribution in [3.05, 3.63) is 36.0 Å². The van der Waals surface area contributed by atoms with E-state index in [4.69, 9.17) is 11.6 Å². The molecule has 0 aliphatic heterocycles. The van der Waals surface area contributed by atoms with Gasteiger partial charge in [0.1, 0.15) is 5.82 Å². The number of anilines is 1. The van der Waals surface area contributed by atoms with Crippen LogP contribution in [-0.2, 0) is 4.79 Å². The molecule has 12 heavy (non-hydrogen) atoms. The number of halogens is 2. The van der Waals surface area contributed by atoms with Gasteiger partial charge in [-0.05, 0) is 18.2 Å². The van der Waals surface area contributed by atoms with Crippen molar-refractivity contribution in [3.63, 3.8) is 0 Å². The van der Waals surface area contributed by atoms with Crippen LogP contribution in [0.1, 0.15) is 0 Å². The Morgan fingerprint density at radius 2 is 2.25 bits per heavy atom. The molecule has 0 saturated carbocycles. The van der Waals surface area contributed by atoms with E-state index in [1.807, 2.05) is 0 Å². The van der Waals surface area contributed by atoms with Crippen molar-refractivity contribution in [3.8, 4) is 0 Å². The maximum atomic E-state index is 12.6. The molecule has 2 nitrogen and oxygen atoms in total. The molecular weight excluding hydrogens is 181 g/mol. The summed E-state index contributed by atoms with van der Waals surface area (Å²) in [6, 6.07) is 3.90. The van der Waals surface area contributed by atoms with Gasteiger partial charge in [0.05, 0.1) is 5.02 Å². The Bertz CT molecular complexity index is 314. The lowest BCUT2D eigenvalue weighted by Gasteiger charge is -2.01. The van der Waals surface area contributed by atoms with Gasteiger partial charge in [-0.25, -0.2) is 4.39 Å². The minimum Gasteiger partial charge on any atom is -0.326 e. The molecule has 1 amide bonds. The minimum atomic E-state index is -0.515. The zero-order chi connectivity index (χ0) is 9.14. The SMILES string of the molecule is [CH2]C(=O)Nc1ccc(F)c(Cl)c1. The van der Waals surface area contributed by atoms with Crippen LogP contribution >= 0.6 is 11.6 Å². The lowest BCUT2D eigenvalue weighted by molar-refractivity contribution is -0.112. The molecule has 1 aromatic rings. The van der Waals surface area contributed by atoms with Crippen molar-refractivity contribution >= 4 is 23.2 Å². The van der Waals surface area contributed by atoms with Crippen LogP contribution in [0.25, 0.3) is 0 Å². The van der Waals surface area contributed by atoms with Crippen molar-refractivity contribution < 1.29 is 9.18 Å². The van der Waals surface area contributed by atoms with E-state index in [9.17, 15) is 9.18 Å². The summed E-state index contributed by atoms with van der Waals surface area (Å²) in [6.07, 6.45) is 0. The zero-order valence-corrected chi connectivity index (χ0v) is 6.86. The summed E-state index contributed by atoms with van der Waals surface area (Å²) in [6.45, 7) is 3.10. The summed E-state index contributed by atoms with van der Waals surface area (Å²) in [7, 11) is 0. The number of nitrogens with one attached hydrogen (secondary N) is 1. The monoisotopic (exact) mass is 186 g/mol. The number of amides is 1. The highest BCUT2D eigenvalue weighted by Crippen LogP contribution is 2.18. The first-order valence-electron chi connectivity index (χ1n) is 3.17. The number of rotatable bonds is 1. The fourth-order valence-corrected chi connectivity index (χ4v) is 0.915. The van der Waals surface area contributed by atoms with Crippen molar-refractivity contribution in [1.82, 2.24) is 0 Å². The van der Waals surface area contributed by atoms with Crippen LogP contribution in [0.2, 0.25) is 5.02 Å². The third-order valence-corrected chi connectivity index (χ3v) is 1.49. The molecule has 63 valence electrons. The molecule has 0 spiro atoms. The number of hydrogen-bond acceptors (Lipinski definition) is 1. The number of benzene rings is 1. The quantitative estimate of drug-likeness (QED) is 0.716. The first kappa shape index (κ1) is 9.00. The third kappa shape index (κ3) is 2.20. The van der Waals surface area contributed by atoms with Gasteiger partial charge in [0.15, 0.2) is 0 Å². The van der Waals surface area contributed by atoms with Crippen LogP contribution in [-0.4, -0.2) is 5.91 Å². The summed E-state index contributed by atoms with van der Waals surface area (Å²) >= 11 is 5.45. The van der Waals surface area contributed by atoms with Gasteiger partial charge in [0.25, 0.3) is 0 Å². The van der Waals surface area contributed by atoms with Gasteiger partial charge < -0.3 is 5.32 Å². The molecule has 1 radical (unpaired) electrons. The molecule has 0 heterocycles. The van der Waals surface area contributed by atoms with Gasteiger partial charge in [0, 0.05) is 12.6 Å². The van der Waals surface area contributed by atoms with Crippen LogP contribution in [0.4, 0.5) is 10.1 Å². The Kier molecular flexibility index (Phi) is 2.65. The maximum Gasteiger partial charge on any atom is 0.224 e. The first-order valence-corrected chi connectivity index (χ1v) is 3.55. The highest BCUT2D eigenvalue weighted by atomic mass is 35.5. The molecule has 4 heteroatoms. The predicted octanol–water partition coefficient (Wildman–Crippen LogP) is 2.25. The van der Waals surface area contributed by atoms with Gasteiger partial charge in [-0.2, -0.15) is 0 Å². The molecule has 0 atom stereocenters. The van der Waals surface area contributed by atoms with E-state index in [-0.39, 0.29) is 5.02 Å². The molecule has 0 fully saturated rings. The molecule has 1 rings (SSSR count). The number of carbonyl (C=O) groups excluding carboxylic acids is 1. The van der Waals surface area contributed by atoms with Gasteiger partial charge in [-0.15, -0.1) is 0 Å². The topological polar surface area (TPSA) is 29.1 Å². The van der Waals surface area contributed by atoms with Gasteiger partial charge >= 0.3 is 0 Å². The Morgan fingerprint density at radius 3 is 2.75 bits per heavy atom. The zero-order valence-electron chi connectivity index (χ0n) is 6.10. The molecule has 0 unspecified atom stereocenters. The van der Waals surface area contributed by atoms with Crippen molar-refractivity contribution in [1.29, 1.82) is 0 Å². The van der Waals surface area contributed by atoms with Crippen LogP contribution in [0.3, 0.4) is 0 Å². The first-order chi connectivity index (χ1) is 5.59. The highest BCUT2D eigenvalue weighted by molar-refractivity contribution is 6.31. The Labute approximate surface area is 74.3 Å². The highest BCUT2D eigenvalue weighted by Gasteiger charge is 2.00. The number of hydrogen-bond donors (Lipinski definition) is 1. The summed E-state index contributed by atoms with van der Waals surface area (Å²) in [4.78, 5) is 10.5. The molecule has 0 bridgehead atoms. The van der Waals surface area contributed by atoms with E-state index in [1.54, 1.807) is 0 Å². The van der Waals surface area contributed by atoms with Crippen LogP contribution in [0, 0.1) is 12.7 Å². The second-order valence-electron chi connectivity index (χ2n) is 2.18. The molecule has 0 saturated heterocycles. The summed E-state index contributed by atoms with van der Waals surface area (Å²) in [5, 5.41) is 2.35. The number of carbonyl (C=O) groups is 1. The van der Waals surface area contributed by atoms with Crippen molar-refractivity contribution in [2.24, 2.45) is 0 Å². The largest absolute Gasteiger partial charge is 0.326 e. The molecule has 1 aromatic carbocycles. The van der Waals surface area contributed by atoms with E-state index in [0.29, 0.717) is 5.69 Å². The maximum absolute atomic E-state index is 12.6. The van der Waals surface area contributed by atoms with Gasteiger partial charge in [0.2, 0.25) is 5.91 Å². The van der Waals surface area contributed by atoms with Crippen LogP contribution < -0.4 is 5.32 Å². The average molecular weight is 187 g/mol. The fraction of sp³-hybridized carbons (Fsp3) is 0. The van der Waals surface area contributed by atoms with Crippen LogP contribution in [0.15, 0.2) is 18.2 Å². The Morgan fingerprint density at radius 1 is 1.58 bits per heavy atom. The smallest absolute Gasteiger partial charge is 0.224 e. The Hall–Kier alpha value is -1.09. The molecule has 1 N–H and O–H groups in total. The molecule has 0 aliphatic rings. The van der Waals surface area contributed by atoms with E-state index in [1.165, 1.54) is 18.2 Å². The normalized spacial score (nSPS) is 9.58. The predicted molar refractivity (Wildman–Crippen MR) is 45.4 cm³/mol. The van der Waals surface area contributed by atoms with Crippen molar-refractivity contribution in [2.75, 3.05) is 5.32 Å². The van der Waals surface area contributed by atoms with E-state index in [2.05, 4.69) is 12.2 Å². The summed E-state index contributed by atoms with van der Waals surface area (Å²) in [5.74, 6) is -0.976. The van der Waals surface area contributed by atoms with Crippen molar-refractivity contribution in [2.45, 2.75) is 0 Å². The fourth-order valence-electron chi connectivity index (χ4n) is 0.735. The summed E-state index contributed by atoms with van der Waals surface area (Å²) < 4.78 is 12.6. The molecule has 0 aromatic heterocycles. The second-order valence-corrected chi connectivity index (χ2v) is 2.58. The minimum absolute atomic E-state index is 0.0266. The standard InChI is InChI=1S/C8H6ClFNO/c1-5(12)11-6-2-3-8(10)7(9)4-6/h2-4H,1H2,(H,11,12). The third-order valence-electron chi connectivity index (χ3n) is 1.20. The van der Waals surface area contributed by atoms with Gasteiger partial charge in [-0.1, -0.05) is 11.6 Å². The Balaban J connectivity index is 2.89. The average Bonchev–Trinajstić information content (AvgIpc) is 1.96. The van der Waals surface area contributed by atoms with Crippen LogP contribution in [0.5, 0.6) is 0 Å². The summed E-state index contributed by atoms with van der Waals surface area (Å²) in [5.41, 5.74) is 0.432. The van der Waals surface area contributed by atoms with Gasteiger partial charge in [-0.3, -0.25) is 4.79 Å². The lowest BCUT2D eigenvalue weighted by atomic mass is 10.3. The lowest BCUT2D eigenvalue weighted by Crippen LogP contribution is -2.05. The molecular formula is C8H6ClFNO. The van der Waals surface area contributed by atoms with E-state index in [0.717, 1.165) is 0 Å². The molecule has 0 aliphatic carbocycles. The second kappa shape index (κ2) is 3.54. The van der Waals surface area contributed by atoms with E-state index < -0.39 is 11.7 Å².